The van der Waals surface area contributed by atoms with Gasteiger partial charge in [0.05, 0.1) is 0 Å². The van der Waals surface area contributed by atoms with Crippen LogP contribution in [-0.4, -0.2) is 59.0 Å². The summed E-state index contributed by atoms with van der Waals surface area (Å²) in [5, 5.41) is 0. The van der Waals surface area contributed by atoms with Crippen LogP contribution in [0.5, 0.6) is 0 Å². The van der Waals surface area contributed by atoms with Gasteiger partial charge in [-0.3, -0.25) is 24.0 Å². The fraction of sp³-hybridized carbons (Fsp3) is 0.643. The number of rotatable bonds is 9. The minimum absolute atomic E-state index is 0.165. The van der Waals surface area contributed by atoms with Crippen molar-refractivity contribution in [3.05, 3.63) is 0 Å². The van der Waals surface area contributed by atoms with E-state index in [1.807, 2.05) is 22.6 Å². The third-order valence-corrected chi connectivity index (χ3v) is 3.39. The number of carbonyl (C=O) groups is 5. The second kappa shape index (κ2) is 10.9. The van der Waals surface area contributed by atoms with E-state index in [4.69, 9.17) is 18.9 Å². The molecule has 0 heterocycles. The average molecular weight is 458 g/mol. The van der Waals surface area contributed by atoms with E-state index < -0.39 is 48.3 Å². The van der Waals surface area contributed by atoms with Crippen LogP contribution in [0.4, 0.5) is 0 Å². The lowest BCUT2D eigenvalue weighted by atomic mass is 10.0. The van der Waals surface area contributed by atoms with Gasteiger partial charge in [0.25, 0.3) is 0 Å². The zero-order valence-electron chi connectivity index (χ0n) is 13.6. The van der Waals surface area contributed by atoms with Gasteiger partial charge in [-0.2, -0.15) is 0 Å². The number of aldehydes is 1. The molecule has 0 unspecified atom stereocenters. The van der Waals surface area contributed by atoms with Gasteiger partial charge in [-0.05, 0) is 0 Å². The Bertz CT molecular complexity index is 491. The molecule has 10 heteroatoms. The molecular formula is C14H19IO9. The van der Waals surface area contributed by atoms with Crippen LogP contribution in [0.15, 0.2) is 0 Å². The third kappa shape index (κ3) is 8.22. The van der Waals surface area contributed by atoms with Crippen molar-refractivity contribution < 1.29 is 42.9 Å². The van der Waals surface area contributed by atoms with Crippen LogP contribution in [0.2, 0.25) is 0 Å². The van der Waals surface area contributed by atoms with E-state index in [9.17, 15) is 24.0 Å². The van der Waals surface area contributed by atoms with Gasteiger partial charge in [0.15, 0.2) is 30.7 Å². The van der Waals surface area contributed by atoms with Gasteiger partial charge < -0.3 is 18.9 Å². The average Bonchev–Trinajstić information content (AvgIpc) is 2.45. The van der Waals surface area contributed by atoms with Crippen molar-refractivity contribution in [3.63, 3.8) is 0 Å². The van der Waals surface area contributed by atoms with Gasteiger partial charge >= 0.3 is 23.9 Å². The number of esters is 4. The van der Waals surface area contributed by atoms with Crippen LogP contribution in [0.25, 0.3) is 0 Å². The monoisotopic (exact) mass is 458 g/mol. The molecule has 0 radical (unpaired) electrons. The van der Waals surface area contributed by atoms with Crippen LogP contribution in [0.3, 0.4) is 0 Å². The fourth-order valence-corrected chi connectivity index (χ4v) is 2.50. The second-order valence-corrected chi connectivity index (χ2v) is 5.54. The van der Waals surface area contributed by atoms with E-state index in [0.29, 0.717) is 0 Å². The molecule has 0 aromatic rings. The van der Waals surface area contributed by atoms with Crippen LogP contribution < -0.4 is 0 Å². The van der Waals surface area contributed by atoms with E-state index in [1.165, 1.54) is 0 Å². The first-order chi connectivity index (χ1) is 11.1. The Morgan fingerprint density at radius 3 is 1.54 bits per heavy atom. The highest BCUT2D eigenvalue weighted by Gasteiger charge is 2.42. The summed E-state index contributed by atoms with van der Waals surface area (Å²) in [6.45, 7) is 4.37. The molecule has 0 aromatic carbocycles. The lowest BCUT2D eigenvalue weighted by Gasteiger charge is -2.33. The lowest BCUT2D eigenvalue weighted by Crippen LogP contribution is -2.52. The molecule has 0 saturated heterocycles. The van der Waals surface area contributed by atoms with Gasteiger partial charge in [-0.15, -0.1) is 0 Å². The Hall–Kier alpha value is -1.72. The minimum Gasteiger partial charge on any atom is -0.458 e. The van der Waals surface area contributed by atoms with Gasteiger partial charge in [0.1, 0.15) is 0 Å². The third-order valence-electron chi connectivity index (χ3n) is 2.52. The molecule has 0 saturated carbocycles. The van der Waals surface area contributed by atoms with E-state index in [0.717, 1.165) is 27.7 Å². The van der Waals surface area contributed by atoms with Gasteiger partial charge in [0.2, 0.25) is 0 Å². The summed E-state index contributed by atoms with van der Waals surface area (Å²) in [6, 6.07) is 0. The summed E-state index contributed by atoms with van der Waals surface area (Å²) in [6.07, 6.45) is -5.11. The first kappa shape index (κ1) is 22.3. The number of halogens is 1. The van der Waals surface area contributed by atoms with E-state index >= 15 is 0 Å². The molecule has 136 valence electrons. The van der Waals surface area contributed by atoms with Crippen molar-refractivity contribution in [3.8, 4) is 0 Å². The van der Waals surface area contributed by atoms with Crippen molar-refractivity contribution in [2.75, 3.05) is 4.43 Å². The van der Waals surface area contributed by atoms with E-state index in [-0.39, 0.29) is 10.7 Å². The Kier molecular flexibility index (Phi) is 10.2. The van der Waals surface area contributed by atoms with Crippen molar-refractivity contribution in [2.24, 2.45) is 0 Å². The number of hydrogen-bond acceptors (Lipinski definition) is 9. The van der Waals surface area contributed by atoms with Crippen LogP contribution in [0, 0.1) is 0 Å². The van der Waals surface area contributed by atoms with Crippen LogP contribution in [-0.2, 0) is 42.9 Å². The topological polar surface area (TPSA) is 122 Å². The Morgan fingerprint density at radius 2 is 1.21 bits per heavy atom. The smallest absolute Gasteiger partial charge is 0.303 e. The van der Waals surface area contributed by atoms with E-state index in [1.54, 1.807) is 0 Å². The van der Waals surface area contributed by atoms with Gasteiger partial charge in [-0.1, -0.05) is 22.6 Å². The molecule has 0 N–H and O–H groups in total. The SMILES string of the molecule is CC(=O)O[C@H]([C@H](OC(C)=O)[C@H](CI)OC(C)=O)[C@@H](C=O)OC(C)=O. The van der Waals surface area contributed by atoms with Crippen molar-refractivity contribution in [1.29, 1.82) is 0 Å². The maximum Gasteiger partial charge on any atom is 0.303 e. The summed E-state index contributed by atoms with van der Waals surface area (Å²) in [4.78, 5) is 56.4. The summed E-state index contributed by atoms with van der Waals surface area (Å²) >= 11 is 1.87. The molecule has 0 aliphatic heterocycles. The normalized spacial score (nSPS) is 15.2. The standard InChI is InChI=1S/C14H19IO9/c1-7(17)21-11(5-15)13(23-9(3)19)14(24-10(4)20)12(6-16)22-8(2)18/h6,11-14H,5H2,1-4H3/t11-,12+,13+,14-/m0/s1. The molecule has 4 atom stereocenters. The van der Waals surface area contributed by atoms with Crippen molar-refractivity contribution >= 4 is 52.8 Å². The maximum absolute atomic E-state index is 11.4. The fourth-order valence-electron chi connectivity index (χ4n) is 1.82. The first-order valence-corrected chi connectivity index (χ1v) is 8.35. The highest BCUT2D eigenvalue weighted by molar-refractivity contribution is 14.1. The molecule has 0 amide bonds. The molecule has 9 nitrogen and oxygen atoms in total. The number of alkyl halides is 1. The molecule has 0 aliphatic rings. The maximum atomic E-state index is 11.4. The Morgan fingerprint density at radius 1 is 0.792 bits per heavy atom. The summed E-state index contributed by atoms with van der Waals surface area (Å²) in [7, 11) is 0. The number of ether oxygens (including phenoxy) is 4. The van der Waals surface area contributed by atoms with Crippen molar-refractivity contribution in [1.82, 2.24) is 0 Å². The van der Waals surface area contributed by atoms with Crippen LogP contribution in [0.1, 0.15) is 27.7 Å². The molecule has 0 spiro atoms. The molecule has 0 aromatic heterocycles. The van der Waals surface area contributed by atoms with Crippen molar-refractivity contribution in [2.45, 2.75) is 52.1 Å². The minimum atomic E-state index is -1.53. The molecule has 0 bridgehead atoms. The lowest BCUT2D eigenvalue weighted by molar-refractivity contribution is -0.194. The quantitative estimate of drug-likeness (QED) is 0.158. The first-order valence-electron chi connectivity index (χ1n) is 6.82. The Balaban J connectivity index is 5.79. The largest absolute Gasteiger partial charge is 0.458 e. The number of hydrogen-bond donors (Lipinski definition) is 0. The predicted molar refractivity (Wildman–Crippen MR) is 87.2 cm³/mol. The summed E-state index contributed by atoms with van der Waals surface area (Å²) in [5.41, 5.74) is 0. The predicted octanol–water partition coefficient (Wildman–Crippen LogP) is 0.347. The molecule has 0 aliphatic carbocycles. The molecular weight excluding hydrogens is 439 g/mol. The molecule has 0 fully saturated rings. The molecule has 0 rings (SSSR count). The Labute approximate surface area is 152 Å². The zero-order chi connectivity index (χ0) is 18.9. The van der Waals surface area contributed by atoms with Crippen LogP contribution >= 0.6 is 22.6 Å². The second-order valence-electron chi connectivity index (χ2n) is 4.66. The highest BCUT2D eigenvalue weighted by Crippen LogP contribution is 2.20. The number of carbonyl (C=O) groups excluding carboxylic acids is 5. The molecule has 24 heavy (non-hydrogen) atoms. The highest BCUT2D eigenvalue weighted by atomic mass is 127. The van der Waals surface area contributed by atoms with Gasteiger partial charge in [0, 0.05) is 32.1 Å². The zero-order valence-corrected chi connectivity index (χ0v) is 15.8. The summed E-state index contributed by atoms with van der Waals surface area (Å²) in [5.74, 6) is -3.02. The van der Waals surface area contributed by atoms with Gasteiger partial charge in [-0.25, -0.2) is 0 Å². The van der Waals surface area contributed by atoms with E-state index in [2.05, 4.69) is 0 Å². The summed E-state index contributed by atoms with van der Waals surface area (Å²) < 4.78 is 20.1.